The lowest BCUT2D eigenvalue weighted by molar-refractivity contribution is 0.443. The second kappa shape index (κ2) is 11.0. The number of benzene rings is 3. The second-order valence-electron chi connectivity index (χ2n) is 10.1. The molecule has 0 N–H and O–H groups in total. The Morgan fingerprint density at radius 2 is 1.65 bits per heavy atom. The maximum absolute atomic E-state index is 3.36. The third kappa shape index (κ3) is 5.27. The Hall–Kier alpha value is -2.86. The molecule has 0 saturated heterocycles. The molecular weight excluding hydrogens is 408 g/mol. The van der Waals surface area contributed by atoms with Gasteiger partial charge in [0, 0.05) is 0 Å². The summed E-state index contributed by atoms with van der Waals surface area (Å²) in [7, 11) is 0. The van der Waals surface area contributed by atoms with Crippen LogP contribution in [0, 0.1) is 18.8 Å². The average Bonchev–Trinajstić information content (AvgIpc) is 3.70. The van der Waals surface area contributed by atoms with Gasteiger partial charge >= 0.3 is 0 Å². The molecule has 0 amide bonds. The fraction of sp³-hybridized carbons (Fsp3) is 0.353. The molecule has 2 unspecified atom stereocenters. The lowest BCUT2D eigenvalue weighted by Gasteiger charge is -2.39. The van der Waals surface area contributed by atoms with Crippen LogP contribution in [-0.4, -0.2) is 0 Å². The van der Waals surface area contributed by atoms with Crippen molar-refractivity contribution >= 4 is 16.3 Å². The smallest absolute Gasteiger partial charge is 0.00543 e. The number of fused-ring (bicyclic) bond motifs is 3. The van der Waals surface area contributed by atoms with E-state index in [1.54, 1.807) is 22.8 Å². The van der Waals surface area contributed by atoms with Crippen LogP contribution in [0.4, 0.5) is 0 Å². The molecule has 1 saturated carbocycles. The highest BCUT2D eigenvalue weighted by Crippen LogP contribution is 2.51. The van der Waals surface area contributed by atoms with Crippen molar-refractivity contribution in [2.75, 3.05) is 0 Å². The van der Waals surface area contributed by atoms with E-state index in [0.717, 1.165) is 12.8 Å². The molecule has 0 bridgehead atoms. The van der Waals surface area contributed by atoms with Crippen molar-refractivity contribution in [2.24, 2.45) is 11.8 Å². The molecule has 0 heterocycles. The van der Waals surface area contributed by atoms with Crippen molar-refractivity contribution in [3.63, 3.8) is 0 Å². The predicted octanol–water partition coefficient (Wildman–Crippen LogP) is 9.67. The van der Waals surface area contributed by atoms with Gasteiger partial charge in [-0.25, -0.2) is 0 Å². The Morgan fingerprint density at radius 3 is 2.35 bits per heavy atom. The second-order valence-corrected chi connectivity index (χ2v) is 10.1. The van der Waals surface area contributed by atoms with E-state index >= 15 is 0 Å². The Labute approximate surface area is 207 Å². The molecule has 3 aromatic rings. The Balaban J connectivity index is 0.000000407. The van der Waals surface area contributed by atoms with Crippen LogP contribution in [0.1, 0.15) is 68.7 Å². The molecule has 0 radical (unpaired) electrons. The minimum absolute atomic E-state index is 0.677. The molecule has 0 spiro atoms. The Morgan fingerprint density at radius 1 is 0.971 bits per heavy atom. The maximum atomic E-state index is 3.36. The number of hydrogen-bond acceptors (Lipinski definition) is 0. The summed E-state index contributed by atoms with van der Waals surface area (Å²) in [4.78, 5) is 0. The first-order chi connectivity index (χ1) is 16.6. The summed E-state index contributed by atoms with van der Waals surface area (Å²) in [6.45, 7) is 12.2. The van der Waals surface area contributed by atoms with E-state index in [-0.39, 0.29) is 0 Å². The zero-order valence-corrected chi connectivity index (χ0v) is 21.5. The van der Waals surface area contributed by atoms with Gasteiger partial charge in [0.25, 0.3) is 0 Å². The third-order valence-electron chi connectivity index (χ3n) is 7.16. The summed E-state index contributed by atoms with van der Waals surface area (Å²) < 4.78 is 0. The van der Waals surface area contributed by atoms with E-state index in [1.165, 1.54) is 58.7 Å². The lowest BCUT2D eigenvalue weighted by atomic mass is 9.65. The molecule has 176 valence electrons. The van der Waals surface area contributed by atoms with Gasteiger partial charge < -0.3 is 0 Å². The van der Waals surface area contributed by atoms with E-state index in [2.05, 4.69) is 94.1 Å². The van der Waals surface area contributed by atoms with Gasteiger partial charge in [0.15, 0.2) is 0 Å². The summed E-state index contributed by atoms with van der Waals surface area (Å²) in [5.74, 6) is 1.39. The largest absolute Gasteiger partial charge is 0.103 e. The normalized spacial score (nSPS) is 19.7. The molecule has 0 aliphatic heterocycles. The Bertz CT molecular complexity index is 1220. The first-order valence-electron chi connectivity index (χ1n) is 13.1. The summed E-state index contributed by atoms with van der Waals surface area (Å²) in [5, 5.41) is 2.76. The van der Waals surface area contributed by atoms with E-state index in [0.29, 0.717) is 11.8 Å². The minimum Gasteiger partial charge on any atom is -0.103 e. The van der Waals surface area contributed by atoms with Crippen molar-refractivity contribution in [1.82, 2.24) is 0 Å². The Kier molecular flexibility index (Phi) is 7.88. The first kappa shape index (κ1) is 24.3. The molecule has 0 heteroatoms. The standard InChI is InChI=1S/C28H28.2C3H6/c1-4-24-19(3)28-26-12-8-6-10-22(26)15-20(17-27(24)28)16-23-14-18(2)13-21-9-5-7-11-25(21)23;1-2-3-1;1-3-2/h5-14,17,19,24H,4,15-16H2,1-3H3;1-3H2;3H,1H2,2H3. The van der Waals surface area contributed by atoms with Crippen molar-refractivity contribution in [1.29, 1.82) is 0 Å². The van der Waals surface area contributed by atoms with Crippen molar-refractivity contribution in [2.45, 2.75) is 66.2 Å². The van der Waals surface area contributed by atoms with Crippen LogP contribution < -0.4 is 0 Å². The molecule has 0 aromatic heterocycles. The van der Waals surface area contributed by atoms with Crippen LogP contribution >= 0.6 is 0 Å². The van der Waals surface area contributed by atoms with Crippen LogP contribution in [0.15, 0.2) is 90.5 Å². The molecule has 3 aromatic carbocycles. The van der Waals surface area contributed by atoms with Gasteiger partial charge in [-0.2, -0.15) is 0 Å². The zero-order chi connectivity index (χ0) is 24.1. The molecule has 3 aliphatic carbocycles. The SMILES string of the molecule is C1CC1.C=CC.CCC1C2=C(c3ccccc3CC(Cc3cc(C)cc4ccccc34)=C2)C1C. The summed E-state index contributed by atoms with van der Waals surface area (Å²) in [5.41, 5.74) is 10.6. The summed E-state index contributed by atoms with van der Waals surface area (Å²) >= 11 is 0. The zero-order valence-electron chi connectivity index (χ0n) is 21.5. The highest BCUT2D eigenvalue weighted by Gasteiger charge is 2.37. The van der Waals surface area contributed by atoms with E-state index in [4.69, 9.17) is 0 Å². The number of aryl methyl sites for hydroxylation is 1. The van der Waals surface area contributed by atoms with E-state index in [1.807, 2.05) is 6.92 Å². The minimum atomic E-state index is 0.677. The van der Waals surface area contributed by atoms with Crippen LogP contribution in [0.5, 0.6) is 0 Å². The van der Waals surface area contributed by atoms with Gasteiger partial charge in [0.05, 0.1) is 0 Å². The molecule has 1 fully saturated rings. The van der Waals surface area contributed by atoms with E-state index < -0.39 is 0 Å². The fourth-order valence-corrected chi connectivity index (χ4v) is 5.51. The summed E-state index contributed by atoms with van der Waals surface area (Å²) in [6, 6.07) is 22.6. The third-order valence-corrected chi connectivity index (χ3v) is 7.16. The highest BCUT2D eigenvalue weighted by molar-refractivity contribution is 5.87. The maximum Gasteiger partial charge on any atom is -0.00543 e. The number of allylic oxidation sites excluding steroid dienone is 5. The number of rotatable bonds is 3. The quantitative estimate of drug-likeness (QED) is 0.350. The topological polar surface area (TPSA) is 0 Å². The molecular formula is C34H40. The first-order valence-corrected chi connectivity index (χ1v) is 13.1. The van der Waals surface area contributed by atoms with Gasteiger partial charge in [0.2, 0.25) is 0 Å². The average molecular weight is 449 g/mol. The van der Waals surface area contributed by atoms with Crippen LogP contribution in [0.3, 0.4) is 0 Å². The predicted molar refractivity (Wildman–Crippen MR) is 150 cm³/mol. The van der Waals surface area contributed by atoms with Gasteiger partial charge in [-0.15, -0.1) is 6.58 Å². The van der Waals surface area contributed by atoms with E-state index in [9.17, 15) is 0 Å². The lowest BCUT2D eigenvalue weighted by Crippen LogP contribution is -2.26. The van der Waals surface area contributed by atoms with Gasteiger partial charge in [-0.1, -0.05) is 117 Å². The molecule has 3 aliphatic rings. The van der Waals surface area contributed by atoms with Gasteiger partial charge in [-0.3, -0.25) is 0 Å². The van der Waals surface area contributed by atoms with Crippen molar-refractivity contribution in [3.8, 4) is 0 Å². The van der Waals surface area contributed by atoms with Crippen LogP contribution in [0.25, 0.3) is 16.3 Å². The van der Waals surface area contributed by atoms with Crippen LogP contribution in [0.2, 0.25) is 0 Å². The van der Waals surface area contributed by atoms with Crippen LogP contribution in [-0.2, 0) is 12.8 Å². The number of hydrogen-bond donors (Lipinski definition) is 0. The molecule has 34 heavy (non-hydrogen) atoms. The highest BCUT2D eigenvalue weighted by atomic mass is 14.4. The van der Waals surface area contributed by atoms with Gasteiger partial charge in [-0.05, 0) is 83.6 Å². The monoisotopic (exact) mass is 448 g/mol. The summed E-state index contributed by atoms with van der Waals surface area (Å²) in [6.07, 6.45) is 12.1. The van der Waals surface area contributed by atoms with Crippen molar-refractivity contribution in [3.05, 3.63) is 113 Å². The molecule has 2 atom stereocenters. The molecule has 0 nitrogen and oxygen atoms in total. The molecule has 6 rings (SSSR count). The van der Waals surface area contributed by atoms with Crippen molar-refractivity contribution < 1.29 is 0 Å². The fourth-order valence-electron chi connectivity index (χ4n) is 5.51. The van der Waals surface area contributed by atoms with Gasteiger partial charge in [0.1, 0.15) is 0 Å².